The van der Waals surface area contributed by atoms with Crippen molar-refractivity contribution in [3.63, 3.8) is 0 Å². The molecule has 1 rings (SSSR count). The number of aliphatic imine (C=N–C) groups is 1. The van der Waals surface area contributed by atoms with E-state index in [2.05, 4.69) is 4.99 Å². The highest BCUT2D eigenvalue weighted by atomic mass is 16.7. The zero-order chi connectivity index (χ0) is 14.1. The third kappa shape index (κ3) is 2.44. The molecule has 1 amide bonds. The third-order valence-corrected chi connectivity index (χ3v) is 2.64. The molecule has 11 heteroatoms. The van der Waals surface area contributed by atoms with E-state index >= 15 is 0 Å². The smallest absolute Gasteiger partial charge is 0.278 e. The van der Waals surface area contributed by atoms with Gasteiger partial charge in [-0.15, -0.1) is 10.9 Å². The molecular weight excluding hydrogens is 248 g/mol. The lowest BCUT2D eigenvalue weighted by molar-refractivity contribution is -0.563. The minimum absolute atomic E-state index is 0.282. The minimum Gasteiger partial charge on any atom is -0.385 e. The second-order valence-corrected chi connectivity index (χ2v) is 4.38. The number of nitrogens with one attached hydrogen (secondary N) is 2. The van der Waals surface area contributed by atoms with Gasteiger partial charge in [0.2, 0.25) is 0 Å². The average Bonchev–Trinajstić information content (AvgIpc) is 2.12. The Hall–Kier alpha value is -2.46. The largest absolute Gasteiger partial charge is 0.385 e. The van der Waals surface area contributed by atoms with Gasteiger partial charge in [-0.05, 0) is 13.8 Å². The highest BCUT2D eigenvalue weighted by molar-refractivity contribution is 6.05. The number of hydrazine groups is 2. The van der Waals surface area contributed by atoms with Crippen molar-refractivity contribution in [3.8, 4) is 0 Å². The molecule has 2 atom stereocenters. The van der Waals surface area contributed by atoms with Crippen LogP contribution < -0.4 is 16.6 Å². The van der Waals surface area contributed by atoms with Gasteiger partial charge < -0.3 is 5.73 Å². The van der Waals surface area contributed by atoms with Gasteiger partial charge in [0, 0.05) is 6.42 Å². The van der Waals surface area contributed by atoms with Crippen molar-refractivity contribution in [1.29, 1.82) is 0 Å². The van der Waals surface area contributed by atoms with Gasteiger partial charge in [0.15, 0.2) is 21.1 Å². The predicted molar refractivity (Wildman–Crippen MR) is 58.3 cm³/mol. The molecule has 0 radical (unpaired) electrons. The highest BCUT2D eigenvalue weighted by Crippen LogP contribution is 2.27. The lowest BCUT2D eigenvalue weighted by Gasteiger charge is -2.36. The van der Waals surface area contributed by atoms with E-state index < -0.39 is 27.0 Å². The summed E-state index contributed by atoms with van der Waals surface area (Å²) in [5, 5.41) is 19.2. The highest BCUT2D eigenvalue weighted by Gasteiger charge is 2.52. The van der Waals surface area contributed by atoms with Crippen molar-refractivity contribution in [2.45, 2.75) is 31.3 Å². The van der Waals surface area contributed by atoms with Crippen LogP contribution in [0.5, 0.6) is 0 Å². The summed E-state index contributed by atoms with van der Waals surface area (Å²) in [6.45, 7) is 2.56. The van der Waals surface area contributed by atoms with Crippen LogP contribution in [0.2, 0.25) is 0 Å². The first-order chi connectivity index (χ1) is 8.09. The number of hydrogen-bond donors (Lipinski definition) is 3. The maximum Gasteiger partial charge on any atom is 0.278 e. The van der Waals surface area contributed by atoms with Gasteiger partial charge in [0.1, 0.15) is 5.84 Å². The van der Waals surface area contributed by atoms with Crippen LogP contribution in [-0.4, -0.2) is 32.9 Å². The number of hydrogen-bond acceptors (Lipinski definition) is 6. The first-order valence-electron chi connectivity index (χ1n) is 4.82. The molecule has 0 saturated heterocycles. The molecular formula is C7H12N6O5. The van der Waals surface area contributed by atoms with Gasteiger partial charge in [-0.2, -0.15) is 4.99 Å². The number of nitrogens with two attached hydrogens (primary N) is 1. The van der Waals surface area contributed by atoms with E-state index in [-0.39, 0.29) is 12.3 Å². The molecule has 0 bridgehead atoms. The number of rotatable bonds is 4. The summed E-state index contributed by atoms with van der Waals surface area (Å²) in [6.07, 6.45) is -0.282. The number of amidine groups is 1. The van der Waals surface area contributed by atoms with Gasteiger partial charge in [-0.1, -0.05) is 0 Å². The minimum atomic E-state index is -1.66. The maximum absolute atomic E-state index is 11.6. The molecule has 2 unspecified atom stereocenters. The van der Waals surface area contributed by atoms with Gasteiger partial charge in [-0.25, -0.2) is 20.2 Å². The van der Waals surface area contributed by atoms with Crippen molar-refractivity contribution in [2.75, 3.05) is 0 Å². The summed E-state index contributed by atoms with van der Waals surface area (Å²) >= 11 is 0. The molecule has 0 aromatic rings. The van der Waals surface area contributed by atoms with E-state index in [9.17, 15) is 25.0 Å². The molecule has 100 valence electrons. The van der Waals surface area contributed by atoms with Crippen LogP contribution in [0.4, 0.5) is 0 Å². The van der Waals surface area contributed by atoms with Crippen LogP contribution in [0.25, 0.3) is 0 Å². The van der Waals surface area contributed by atoms with Gasteiger partial charge in [0.05, 0.1) is 0 Å². The van der Waals surface area contributed by atoms with E-state index in [1.165, 1.54) is 13.8 Å². The van der Waals surface area contributed by atoms with Crippen LogP contribution in [-0.2, 0) is 4.79 Å². The van der Waals surface area contributed by atoms with Gasteiger partial charge in [-0.3, -0.25) is 4.79 Å². The Morgan fingerprint density at radius 2 is 1.67 bits per heavy atom. The normalized spacial score (nSPS) is 31.4. The average molecular weight is 260 g/mol. The monoisotopic (exact) mass is 260 g/mol. The first kappa shape index (κ1) is 13.6. The Balaban J connectivity index is 3.12. The summed E-state index contributed by atoms with van der Waals surface area (Å²) in [5.74, 6) is -1.13. The molecule has 1 aliphatic rings. The number of nitro groups is 2. The molecule has 0 fully saturated rings. The SMILES string of the molecule is CC1(N[N+](=O)[O-])CC(C)(N[N+](=O)[O-])C(N)=NC1=O. The van der Waals surface area contributed by atoms with E-state index in [4.69, 9.17) is 5.73 Å². The fourth-order valence-electron chi connectivity index (χ4n) is 1.82. The second-order valence-electron chi connectivity index (χ2n) is 4.38. The summed E-state index contributed by atoms with van der Waals surface area (Å²) < 4.78 is 0. The van der Waals surface area contributed by atoms with Crippen molar-refractivity contribution in [1.82, 2.24) is 10.9 Å². The summed E-state index contributed by atoms with van der Waals surface area (Å²) in [6, 6.07) is 0. The van der Waals surface area contributed by atoms with Crippen LogP contribution in [0.3, 0.4) is 0 Å². The Morgan fingerprint density at radius 3 is 2.11 bits per heavy atom. The topological polar surface area (TPSA) is 166 Å². The van der Waals surface area contributed by atoms with Crippen molar-refractivity contribution in [3.05, 3.63) is 20.2 Å². The predicted octanol–water partition coefficient (Wildman–Crippen LogP) is -1.65. The zero-order valence-corrected chi connectivity index (χ0v) is 9.67. The summed E-state index contributed by atoms with van der Waals surface area (Å²) in [7, 11) is 0. The fourth-order valence-corrected chi connectivity index (χ4v) is 1.82. The third-order valence-electron chi connectivity index (χ3n) is 2.64. The lowest BCUT2D eigenvalue weighted by Crippen LogP contribution is -2.67. The van der Waals surface area contributed by atoms with Crippen molar-refractivity contribution < 1.29 is 14.9 Å². The number of nitrogens with zero attached hydrogens (tertiary/aromatic N) is 3. The molecule has 4 N–H and O–H groups in total. The molecule has 0 saturated carbocycles. The molecule has 18 heavy (non-hydrogen) atoms. The Morgan fingerprint density at radius 1 is 1.22 bits per heavy atom. The van der Waals surface area contributed by atoms with Crippen LogP contribution in [0, 0.1) is 20.2 Å². The van der Waals surface area contributed by atoms with E-state index in [0.717, 1.165) is 0 Å². The Kier molecular flexibility index (Phi) is 3.09. The van der Waals surface area contributed by atoms with E-state index in [0.29, 0.717) is 0 Å². The number of carbonyl (C=O) groups is 1. The van der Waals surface area contributed by atoms with Crippen molar-refractivity contribution >= 4 is 11.7 Å². The summed E-state index contributed by atoms with van der Waals surface area (Å²) in [5.41, 5.74) is 6.07. The second kappa shape index (κ2) is 4.09. The first-order valence-corrected chi connectivity index (χ1v) is 4.82. The lowest BCUT2D eigenvalue weighted by atomic mass is 9.81. The Labute approximate surface area is 101 Å². The van der Waals surface area contributed by atoms with E-state index in [1.54, 1.807) is 5.43 Å². The molecule has 11 nitrogen and oxygen atoms in total. The van der Waals surface area contributed by atoms with Gasteiger partial charge >= 0.3 is 0 Å². The number of carbonyl (C=O) groups excluding carboxylic acids is 1. The van der Waals surface area contributed by atoms with Gasteiger partial charge in [0.25, 0.3) is 5.91 Å². The maximum atomic E-state index is 11.6. The molecule has 0 aliphatic carbocycles. The fraction of sp³-hybridized carbons (Fsp3) is 0.714. The number of amides is 1. The molecule has 1 aliphatic heterocycles. The molecule has 1 heterocycles. The van der Waals surface area contributed by atoms with Crippen molar-refractivity contribution in [2.24, 2.45) is 10.7 Å². The molecule has 0 spiro atoms. The quantitative estimate of drug-likeness (QED) is 0.399. The van der Waals surface area contributed by atoms with Crippen LogP contribution >= 0.6 is 0 Å². The van der Waals surface area contributed by atoms with Crippen LogP contribution in [0.1, 0.15) is 20.3 Å². The standard InChI is InChI=1S/C7H12N6O5/c1-6(10-12(15)16)3-7(2,11-13(17)18)5(14)9-4(6)8/h10-11H,3H2,1-2H3,(H2,8,9,14). The molecule has 0 aromatic heterocycles. The zero-order valence-electron chi connectivity index (χ0n) is 9.67. The summed E-state index contributed by atoms with van der Waals surface area (Å²) in [4.78, 5) is 35.9. The Bertz CT molecular complexity index is 450. The molecule has 0 aromatic carbocycles. The van der Waals surface area contributed by atoms with Crippen LogP contribution in [0.15, 0.2) is 4.99 Å². The van der Waals surface area contributed by atoms with E-state index in [1.807, 2.05) is 5.43 Å².